The Bertz CT molecular complexity index is 2150. The van der Waals surface area contributed by atoms with Crippen LogP contribution in [0, 0.1) is 6.92 Å². The van der Waals surface area contributed by atoms with E-state index in [2.05, 4.69) is 5.32 Å². The van der Waals surface area contributed by atoms with Crippen molar-refractivity contribution < 1.29 is 27.4 Å². The Kier molecular flexibility index (Phi) is 7.94. The molecule has 0 aliphatic carbocycles. The van der Waals surface area contributed by atoms with Crippen molar-refractivity contribution >= 4 is 38.4 Å². The summed E-state index contributed by atoms with van der Waals surface area (Å²) in [6.07, 6.45) is 3.91. The normalized spacial score (nSPS) is 11.6. The number of esters is 1. The number of hydrogen-bond acceptors (Lipinski definition) is 8. The number of hydrogen-bond donors (Lipinski definition) is 1. The number of nitrogens with one attached hydrogen (secondary N) is 1. The van der Waals surface area contributed by atoms with Crippen LogP contribution in [-0.2, 0) is 21.2 Å². The van der Waals surface area contributed by atoms with Crippen LogP contribution in [0.1, 0.15) is 21.5 Å². The van der Waals surface area contributed by atoms with Crippen LogP contribution in [-0.4, -0.2) is 55.6 Å². The fourth-order valence-electron chi connectivity index (χ4n) is 5.36. The number of aromatic nitrogens is 3. The van der Waals surface area contributed by atoms with Crippen LogP contribution in [0.5, 0.6) is 11.5 Å². The van der Waals surface area contributed by atoms with E-state index < -0.39 is 16.0 Å². The average molecular weight is 625 g/mol. The van der Waals surface area contributed by atoms with Crippen molar-refractivity contribution in [1.82, 2.24) is 13.4 Å². The predicted octanol–water partition coefficient (Wildman–Crippen LogP) is 5.96. The van der Waals surface area contributed by atoms with Gasteiger partial charge in [0, 0.05) is 29.9 Å². The van der Waals surface area contributed by atoms with Crippen molar-refractivity contribution in [2.24, 2.45) is 0 Å². The number of imidazole rings is 1. The van der Waals surface area contributed by atoms with Crippen LogP contribution in [0.25, 0.3) is 27.8 Å². The highest BCUT2D eigenvalue weighted by Crippen LogP contribution is 2.37. The lowest BCUT2D eigenvalue weighted by Gasteiger charge is -2.12. The van der Waals surface area contributed by atoms with Crippen molar-refractivity contribution in [3.63, 3.8) is 0 Å². The highest BCUT2D eigenvalue weighted by molar-refractivity contribution is 7.90. The van der Waals surface area contributed by atoms with Gasteiger partial charge in [-0.2, -0.15) is 0 Å². The molecule has 0 fully saturated rings. The molecule has 10 nitrogen and oxygen atoms in total. The maximum Gasteiger partial charge on any atom is 0.339 e. The summed E-state index contributed by atoms with van der Waals surface area (Å²) in [4.78, 5) is 17.5. The number of methoxy groups -OCH3 is 3. The van der Waals surface area contributed by atoms with Gasteiger partial charge in [-0.05, 0) is 61.4 Å². The van der Waals surface area contributed by atoms with E-state index in [1.807, 2.05) is 43.3 Å². The zero-order chi connectivity index (χ0) is 31.7. The van der Waals surface area contributed by atoms with Crippen molar-refractivity contribution in [3.8, 4) is 22.8 Å². The smallest absolute Gasteiger partial charge is 0.339 e. The number of aryl methyl sites for hydroxylation is 1. The third-order valence-electron chi connectivity index (χ3n) is 7.70. The van der Waals surface area contributed by atoms with Crippen LogP contribution >= 0.6 is 0 Å². The van der Waals surface area contributed by atoms with Gasteiger partial charge in [-0.1, -0.05) is 42.0 Å². The lowest BCUT2D eigenvalue weighted by molar-refractivity contribution is 0.0600. The molecule has 0 aliphatic rings. The molecular formula is C34H32N4O6S. The zero-order valence-electron chi connectivity index (χ0n) is 25.3. The van der Waals surface area contributed by atoms with Crippen molar-refractivity contribution in [1.29, 1.82) is 0 Å². The van der Waals surface area contributed by atoms with Gasteiger partial charge in [-0.3, -0.25) is 4.40 Å². The first-order valence-electron chi connectivity index (χ1n) is 14.2. The Labute approximate surface area is 260 Å². The fourth-order valence-corrected chi connectivity index (χ4v) is 6.73. The Morgan fingerprint density at radius 2 is 1.64 bits per heavy atom. The van der Waals surface area contributed by atoms with Gasteiger partial charge in [0.25, 0.3) is 10.0 Å². The molecule has 1 N–H and O–H groups in total. The molecule has 0 saturated heterocycles. The second kappa shape index (κ2) is 12.0. The Morgan fingerprint density at radius 3 is 2.38 bits per heavy atom. The van der Waals surface area contributed by atoms with Crippen molar-refractivity contribution in [3.05, 3.63) is 108 Å². The quantitative estimate of drug-likeness (QED) is 0.186. The van der Waals surface area contributed by atoms with Gasteiger partial charge in [0.2, 0.25) is 0 Å². The molecule has 3 aromatic carbocycles. The topological polar surface area (TPSA) is 113 Å². The summed E-state index contributed by atoms with van der Waals surface area (Å²) in [6, 6.07) is 23.2. The zero-order valence-corrected chi connectivity index (χ0v) is 26.1. The number of nitrogens with zero attached hydrogens (tertiary/aromatic N) is 3. The average Bonchev–Trinajstić information content (AvgIpc) is 3.63. The van der Waals surface area contributed by atoms with E-state index in [1.54, 1.807) is 73.5 Å². The second-order valence-electron chi connectivity index (χ2n) is 10.5. The summed E-state index contributed by atoms with van der Waals surface area (Å²) >= 11 is 0. The van der Waals surface area contributed by atoms with E-state index in [0.717, 1.165) is 11.1 Å². The van der Waals surface area contributed by atoms with E-state index in [9.17, 15) is 13.2 Å². The van der Waals surface area contributed by atoms with Gasteiger partial charge in [-0.15, -0.1) is 0 Å². The molecule has 0 spiro atoms. The molecule has 0 aliphatic heterocycles. The third-order valence-corrected chi connectivity index (χ3v) is 9.39. The summed E-state index contributed by atoms with van der Waals surface area (Å²) in [5, 5.41) is 4.22. The number of ether oxygens (including phenoxy) is 3. The number of rotatable bonds is 10. The second-order valence-corrected chi connectivity index (χ2v) is 12.3. The standard InChI is InChI=1S/C34H32N4O6S/c1-22-9-13-25(14-10-22)45(40,41)38-21-27(26-7-5-6-8-28(26)38)32-33(37-20-24(34(39)44-4)12-16-31(37)36-32)35-18-17-23-11-15-29(42-2)30(19-23)43-3/h5-16,19-21,35H,17-18H2,1-4H3. The first-order valence-corrected chi connectivity index (χ1v) is 15.7. The largest absolute Gasteiger partial charge is 0.493 e. The number of anilines is 1. The molecule has 0 bridgehead atoms. The molecule has 0 atom stereocenters. The van der Waals surface area contributed by atoms with E-state index in [4.69, 9.17) is 19.2 Å². The van der Waals surface area contributed by atoms with Crippen LogP contribution in [0.4, 0.5) is 5.82 Å². The first kappa shape index (κ1) is 29.8. The molecule has 11 heteroatoms. The fraction of sp³-hybridized carbons (Fsp3) is 0.176. The van der Waals surface area contributed by atoms with Gasteiger partial charge in [0.05, 0.1) is 37.3 Å². The van der Waals surface area contributed by atoms with Gasteiger partial charge in [0.1, 0.15) is 17.2 Å². The summed E-state index contributed by atoms with van der Waals surface area (Å²) in [7, 11) is 0.600. The van der Waals surface area contributed by atoms with E-state index in [-0.39, 0.29) is 4.90 Å². The highest BCUT2D eigenvalue weighted by Gasteiger charge is 2.25. The lowest BCUT2D eigenvalue weighted by Crippen LogP contribution is -2.11. The molecule has 6 rings (SSSR count). The number of carbonyl (C=O) groups excluding carboxylic acids is 1. The van der Waals surface area contributed by atoms with Crippen molar-refractivity contribution in [2.75, 3.05) is 33.2 Å². The molecule has 230 valence electrons. The maximum atomic E-state index is 13.9. The number of fused-ring (bicyclic) bond motifs is 2. The van der Waals surface area contributed by atoms with Crippen LogP contribution < -0.4 is 14.8 Å². The minimum atomic E-state index is -3.92. The molecule has 3 aromatic heterocycles. The predicted molar refractivity (Wildman–Crippen MR) is 173 cm³/mol. The first-order chi connectivity index (χ1) is 21.7. The molecule has 3 heterocycles. The van der Waals surface area contributed by atoms with Crippen LogP contribution in [0.15, 0.2) is 96.2 Å². The van der Waals surface area contributed by atoms with E-state index >= 15 is 0 Å². The number of benzene rings is 3. The maximum absolute atomic E-state index is 13.9. The monoisotopic (exact) mass is 624 g/mol. The Morgan fingerprint density at radius 1 is 0.889 bits per heavy atom. The van der Waals surface area contributed by atoms with Crippen LogP contribution in [0.3, 0.4) is 0 Å². The minimum absolute atomic E-state index is 0.186. The Balaban J connectivity index is 1.47. The molecular weight excluding hydrogens is 592 g/mol. The van der Waals surface area contributed by atoms with Gasteiger partial charge >= 0.3 is 5.97 Å². The van der Waals surface area contributed by atoms with Crippen LogP contribution in [0.2, 0.25) is 0 Å². The minimum Gasteiger partial charge on any atom is -0.493 e. The van der Waals surface area contributed by atoms with Gasteiger partial charge in [-0.25, -0.2) is 22.2 Å². The van der Waals surface area contributed by atoms with Gasteiger partial charge < -0.3 is 19.5 Å². The van der Waals surface area contributed by atoms with E-state index in [1.165, 1.54) is 11.1 Å². The number of carbonyl (C=O) groups is 1. The molecule has 0 saturated carbocycles. The highest BCUT2D eigenvalue weighted by atomic mass is 32.2. The number of para-hydroxylation sites is 1. The number of pyridine rings is 1. The third kappa shape index (κ3) is 5.46. The molecule has 45 heavy (non-hydrogen) atoms. The summed E-state index contributed by atoms with van der Waals surface area (Å²) in [6.45, 7) is 2.41. The molecule has 0 unspecified atom stereocenters. The van der Waals surface area contributed by atoms with Crippen molar-refractivity contribution in [2.45, 2.75) is 18.2 Å². The Hall–Kier alpha value is -5.29. The molecule has 6 aromatic rings. The summed E-state index contributed by atoms with van der Waals surface area (Å²) in [5.74, 6) is 1.40. The molecule has 0 amide bonds. The summed E-state index contributed by atoms with van der Waals surface area (Å²) < 4.78 is 46.7. The summed E-state index contributed by atoms with van der Waals surface area (Å²) in [5.41, 5.74) is 4.59. The lowest BCUT2D eigenvalue weighted by atomic mass is 10.1. The van der Waals surface area contributed by atoms with Gasteiger partial charge in [0.15, 0.2) is 11.5 Å². The molecule has 0 radical (unpaired) electrons. The SMILES string of the molecule is COC(=O)c1ccc2nc(-c3cn(S(=O)(=O)c4ccc(C)cc4)c4ccccc34)c(NCCc3ccc(OC)c(OC)c3)n2c1. The van der Waals surface area contributed by atoms with E-state index in [0.29, 0.717) is 63.7 Å².